The average Bonchev–Trinajstić information content (AvgIpc) is 3.23. The van der Waals surface area contributed by atoms with Gasteiger partial charge in [-0.25, -0.2) is 9.97 Å². The molecule has 0 aliphatic carbocycles. The number of nitrogens with zero attached hydrogens (tertiary/aromatic N) is 3. The van der Waals surface area contributed by atoms with Gasteiger partial charge >= 0.3 is 0 Å². The maximum absolute atomic E-state index is 10.7. The molecule has 170 valence electrons. The first-order valence-corrected chi connectivity index (χ1v) is 12.4. The van der Waals surface area contributed by atoms with Crippen LogP contribution >= 0.6 is 11.8 Å². The van der Waals surface area contributed by atoms with Crippen molar-refractivity contribution >= 4 is 33.7 Å². The van der Waals surface area contributed by atoms with Crippen molar-refractivity contribution in [1.29, 1.82) is 0 Å². The molecule has 4 nitrogen and oxygen atoms in total. The summed E-state index contributed by atoms with van der Waals surface area (Å²) < 4.78 is 2.05. The summed E-state index contributed by atoms with van der Waals surface area (Å²) in [4.78, 5) is 10.8. The summed E-state index contributed by atoms with van der Waals surface area (Å²) in [5.74, 6) is 0.226. The van der Waals surface area contributed by atoms with Gasteiger partial charge in [0.25, 0.3) is 0 Å². The Morgan fingerprint density at radius 3 is 2.49 bits per heavy atom. The Hall–Kier alpha value is -4.09. The Bertz CT molecular complexity index is 1670. The zero-order valence-electron chi connectivity index (χ0n) is 19.2. The van der Waals surface area contributed by atoms with Crippen molar-refractivity contribution in [2.24, 2.45) is 0 Å². The lowest BCUT2D eigenvalue weighted by molar-refractivity contribution is 0.473. The first-order valence-electron chi connectivity index (χ1n) is 11.6. The minimum atomic E-state index is 0.226. The lowest BCUT2D eigenvalue weighted by Gasteiger charge is -2.11. The van der Waals surface area contributed by atoms with E-state index in [-0.39, 0.29) is 5.75 Å². The van der Waals surface area contributed by atoms with Crippen molar-refractivity contribution in [2.45, 2.75) is 23.3 Å². The first kappa shape index (κ1) is 21.4. The van der Waals surface area contributed by atoms with Crippen LogP contribution in [0.4, 0.5) is 0 Å². The number of phenolic OH excluding ortho intramolecular Hbond substituents is 1. The summed E-state index contributed by atoms with van der Waals surface area (Å²) in [6.07, 6.45) is 2.75. The molecule has 1 N–H and O–H groups in total. The van der Waals surface area contributed by atoms with Crippen LogP contribution in [-0.4, -0.2) is 19.6 Å². The third-order valence-corrected chi connectivity index (χ3v) is 7.10. The van der Waals surface area contributed by atoms with Crippen molar-refractivity contribution in [3.8, 4) is 22.7 Å². The molecule has 0 spiro atoms. The summed E-state index contributed by atoms with van der Waals surface area (Å²) in [6, 6.07) is 32.5. The van der Waals surface area contributed by atoms with E-state index in [0.29, 0.717) is 0 Å². The minimum absolute atomic E-state index is 0.226. The van der Waals surface area contributed by atoms with Gasteiger partial charge in [0.05, 0.1) is 16.9 Å². The van der Waals surface area contributed by atoms with Crippen LogP contribution in [0, 0.1) is 0 Å². The highest BCUT2D eigenvalue weighted by Gasteiger charge is 2.16. The molecule has 6 aromatic rings. The van der Waals surface area contributed by atoms with Gasteiger partial charge in [-0.2, -0.15) is 0 Å². The number of benzene rings is 3. The van der Waals surface area contributed by atoms with Crippen LogP contribution in [0.15, 0.2) is 113 Å². The molecule has 0 saturated carbocycles. The standard InChI is InChI=1S/C30H23N3OS/c1-2-20-17-21(19-22(18-20)35-29-13-7-8-16-31-29)25-15-14-24-23-9-3-4-10-26(23)33(30(24)32-25)27-11-5-6-12-28(27)34/h3-19,34H,2H2,1H3. The first-order chi connectivity index (χ1) is 17.2. The van der Waals surface area contributed by atoms with Crippen molar-refractivity contribution in [1.82, 2.24) is 14.5 Å². The van der Waals surface area contributed by atoms with E-state index in [9.17, 15) is 5.11 Å². The van der Waals surface area contributed by atoms with Gasteiger partial charge in [-0.15, -0.1) is 0 Å². The van der Waals surface area contributed by atoms with Gasteiger partial charge in [0.2, 0.25) is 0 Å². The fourth-order valence-electron chi connectivity index (χ4n) is 4.50. The Kier molecular flexibility index (Phi) is 5.47. The molecule has 0 atom stereocenters. The summed E-state index contributed by atoms with van der Waals surface area (Å²) in [5, 5.41) is 13.8. The number of aryl methyl sites for hydroxylation is 1. The quantitative estimate of drug-likeness (QED) is 0.279. The zero-order chi connectivity index (χ0) is 23.8. The van der Waals surface area contributed by atoms with E-state index in [1.54, 1.807) is 17.8 Å². The molecule has 0 saturated heterocycles. The number of phenols is 1. The number of hydrogen-bond donors (Lipinski definition) is 1. The summed E-state index contributed by atoms with van der Waals surface area (Å²) in [6.45, 7) is 2.17. The Morgan fingerprint density at radius 2 is 1.66 bits per heavy atom. The van der Waals surface area contributed by atoms with E-state index in [4.69, 9.17) is 4.98 Å². The van der Waals surface area contributed by atoms with Crippen LogP contribution in [-0.2, 0) is 6.42 Å². The molecule has 5 heteroatoms. The highest BCUT2D eigenvalue weighted by Crippen LogP contribution is 2.36. The molecule has 0 aliphatic heterocycles. The fourth-order valence-corrected chi connectivity index (χ4v) is 5.40. The van der Waals surface area contributed by atoms with Gasteiger partial charge in [-0.1, -0.05) is 55.1 Å². The number of fused-ring (bicyclic) bond motifs is 3. The van der Waals surface area contributed by atoms with E-state index in [0.717, 1.165) is 55.2 Å². The van der Waals surface area contributed by atoms with E-state index in [1.165, 1.54) is 5.56 Å². The second-order valence-corrected chi connectivity index (χ2v) is 9.49. The molecule has 6 rings (SSSR count). The van der Waals surface area contributed by atoms with Gasteiger partial charge < -0.3 is 5.11 Å². The molecule has 3 aromatic heterocycles. The van der Waals surface area contributed by atoms with Crippen molar-refractivity contribution < 1.29 is 5.11 Å². The number of rotatable bonds is 5. The molecule has 0 radical (unpaired) electrons. The second kappa shape index (κ2) is 8.93. The van der Waals surface area contributed by atoms with Gasteiger partial charge in [0.1, 0.15) is 16.4 Å². The molecule has 0 aliphatic rings. The number of aromatic hydroxyl groups is 1. The maximum atomic E-state index is 10.7. The highest BCUT2D eigenvalue weighted by molar-refractivity contribution is 7.99. The minimum Gasteiger partial charge on any atom is -0.506 e. The zero-order valence-corrected chi connectivity index (χ0v) is 20.0. The topological polar surface area (TPSA) is 50.9 Å². The van der Waals surface area contributed by atoms with Crippen LogP contribution in [0.2, 0.25) is 0 Å². The normalized spacial score (nSPS) is 11.3. The molecule has 0 bridgehead atoms. The third kappa shape index (κ3) is 3.94. The third-order valence-electron chi connectivity index (χ3n) is 6.18. The average molecular weight is 474 g/mol. The predicted octanol–water partition coefficient (Wildman–Crippen LogP) is 7.66. The van der Waals surface area contributed by atoms with Crippen molar-refractivity contribution in [2.75, 3.05) is 0 Å². The van der Waals surface area contributed by atoms with Crippen molar-refractivity contribution in [3.05, 3.63) is 109 Å². The monoisotopic (exact) mass is 473 g/mol. The summed E-state index contributed by atoms with van der Waals surface area (Å²) in [7, 11) is 0. The molecule has 0 amide bonds. The van der Waals surface area contributed by atoms with Crippen LogP contribution in [0.1, 0.15) is 12.5 Å². The van der Waals surface area contributed by atoms with E-state index >= 15 is 0 Å². The molecule has 3 heterocycles. The molecule has 0 unspecified atom stereocenters. The summed E-state index contributed by atoms with van der Waals surface area (Å²) in [5.41, 5.74) is 5.78. The molecular formula is C30H23N3OS. The molecular weight excluding hydrogens is 450 g/mol. The smallest absolute Gasteiger partial charge is 0.146 e. The maximum Gasteiger partial charge on any atom is 0.146 e. The van der Waals surface area contributed by atoms with Crippen molar-refractivity contribution in [3.63, 3.8) is 0 Å². The second-order valence-electron chi connectivity index (χ2n) is 8.40. The Morgan fingerprint density at radius 1 is 0.829 bits per heavy atom. The van der Waals surface area contributed by atoms with Gasteiger partial charge in [0, 0.05) is 27.4 Å². The lowest BCUT2D eigenvalue weighted by atomic mass is 10.1. The highest BCUT2D eigenvalue weighted by atomic mass is 32.2. The molecule has 0 fully saturated rings. The molecule has 35 heavy (non-hydrogen) atoms. The Balaban J connectivity index is 1.55. The van der Waals surface area contributed by atoms with Gasteiger partial charge in [-0.05, 0) is 72.6 Å². The lowest BCUT2D eigenvalue weighted by Crippen LogP contribution is -1.97. The number of aromatic nitrogens is 3. The fraction of sp³-hybridized carbons (Fsp3) is 0.0667. The predicted molar refractivity (Wildman–Crippen MR) is 143 cm³/mol. The van der Waals surface area contributed by atoms with E-state index in [1.807, 2.05) is 54.7 Å². The SMILES string of the molecule is CCc1cc(Sc2ccccn2)cc(-c2ccc3c4ccccc4n(-c4ccccc4O)c3n2)c1. The number of para-hydroxylation sites is 3. The number of hydrogen-bond acceptors (Lipinski definition) is 4. The number of pyridine rings is 2. The largest absolute Gasteiger partial charge is 0.506 e. The van der Waals surface area contributed by atoms with E-state index in [2.05, 4.69) is 58.9 Å². The van der Waals surface area contributed by atoms with Gasteiger partial charge in [-0.3, -0.25) is 4.57 Å². The van der Waals surface area contributed by atoms with Crippen LogP contribution < -0.4 is 0 Å². The summed E-state index contributed by atoms with van der Waals surface area (Å²) >= 11 is 1.66. The Labute approximate surface area is 207 Å². The molecule has 3 aromatic carbocycles. The van der Waals surface area contributed by atoms with Gasteiger partial charge in [0.15, 0.2) is 0 Å². The van der Waals surface area contributed by atoms with Crippen LogP contribution in [0.5, 0.6) is 5.75 Å². The van der Waals surface area contributed by atoms with E-state index < -0.39 is 0 Å². The van der Waals surface area contributed by atoms with Crippen LogP contribution in [0.3, 0.4) is 0 Å². The van der Waals surface area contributed by atoms with Crippen LogP contribution in [0.25, 0.3) is 38.9 Å².